The van der Waals surface area contributed by atoms with E-state index >= 15 is 0 Å². The number of carbonyl (C=O) groups is 2. The van der Waals surface area contributed by atoms with E-state index < -0.39 is 0 Å². The van der Waals surface area contributed by atoms with E-state index in [2.05, 4.69) is 25.1 Å². The Labute approximate surface area is 171 Å². The average Bonchev–Trinajstić information content (AvgIpc) is 3.44. The zero-order valence-corrected chi connectivity index (χ0v) is 16.6. The van der Waals surface area contributed by atoms with Crippen LogP contribution in [0.1, 0.15) is 47.6 Å². The minimum Gasteiger partial charge on any atom is -0.325 e. The quantitative estimate of drug-likeness (QED) is 0.497. The maximum Gasteiger partial charge on any atom is 0.231 e. The van der Waals surface area contributed by atoms with Gasteiger partial charge >= 0.3 is 0 Å². The summed E-state index contributed by atoms with van der Waals surface area (Å²) in [5, 5.41) is 12.3. The van der Waals surface area contributed by atoms with Crippen LogP contribution >= 0.6 is 11.8 Å². The van der Waals surface area contributed by atoms with Crippen LogP contribution in [0.25, 0.3) is 11.4 Å². The molecule has 1 fully saturated rings. The van der Waals surface area contributed by atoms with Crippen LogP contribution in [0.5, 0.6) is 0 Å². The fourth-order valence-electron chi connectivity index (χ4n) is 3.53. The van der Waals surface area contributed by atoms with Gasteiger partial charge in [-0.2, -0.15) is 0 Å². The summed E-state index contributed by atoms with van der Waals surface area (Å²) in [5.41, 5.74) is 3.21. The van der Waals surface area contributed by atoms with E-state index in [0.717, 1.165) is 40.6 Å². The molecule has 1 aliphatic heterocycles. The molecule has 8 heteroatoms. The summed E-state index contributed by atoms with van der Waals surface area (Å²) in [5.74, 6) is 0.820. The lowest BCUT2D eigenvalue weighted by molar-refractivity contribution is -0.116. The second-order valence-corrected chi connectivity index (χ2v) is 8.32. The second-order valence-electron chi connectivity index (χ2n) is 7.37. The van der Waals surface area contributed by atoms with Gasteiger partial charge in [0.15, 0.2) is 16.8 Å². The molecule has 2 aliphatic rings. The van der Waals surface area contributed by atoms with E-state index in [0.29, 0.717) is 11.6 Å². The fraction of sp³-hybridized carbons (Fsp3) is 0.286. The number of benzene rings is 1. The van der Waals surface area contributed by atoms with Crippen LogP contribution in [-0.2, 0) is 4.79 Å². The van der Waals surface area contributed by atoms with Crippen molar-refractivity contribution in [1.82, 2.24) is 19.7 Å². The van der Waals surface area contributed by atoms with E-state index in [-0.39, 0.29) is 23.4 Å². The Morgan fingerprint density at radius 3 is 2.90 bits per heavy atom. The van der Waals surface area contributed by atoms with Gasteiger partial charge in [-0.1, -0.05) is 11.8 Å². The highest BCUT2D eigenvalue weighted by Crippen LogP contribution is 2.41. The Bertz CT molecular complexity index is 1110. The predicted octanol–water partition coefficient (Wildman–Crippen LogP) is 3.71. The number of amides is 1. The van der Waals surface area contributed by atoms with Gasteiger partial charge < -0.3 is 5.32 Å². The van der Waals surface area contributed by atoms with Crippen molar-refractivity contribution in [3.63, 3.8) is 0 Å². The number of aromatic nitrogens is 4. The van der Waals surface area contributed by atoms with Crippen LogP contribution in [0.2, 0.25) is 0 Å². The first-order valence-corrected chi connectivity index (χ1v) is 10.6. The number of rotatable bonds is 6. The number of pyridine rings is 1. The number of anilines is 1. The molecule has 5 rings (SSSR count). The Morgan fingerprint density at radius 1 is 1.28 bits per heavy atom. The van der Waals surface area contributed by atoms with E-state index in [1.165, 1.54) is 11.8 Å². The summed E-state index contributed by atoms with van der Waals surface area (Å²) in [7, 11) is 0. The van der Waals surface area contributed by atoms with Crippen LogP contribution in [0.4, 0.5) is 5.69 Å². The first kappa shape index (κ1) is 18.1. The smallest absolute Gasteiger partial charge is 0.231 e. The summed E-state index contributed by atoms with van der Waals surface area (Å²) >= 11 is 1.41. The number of nitrogens with zero attached hydrogens (tertiary/aromatic N) is 4. The van der Waals surface area contributed by atoms with Crippen molar-refractivity contribution in [2.75, 3.05) is 11.1 Å². The van der Waals surface area contributed by atoms with E-state index in [9.17, 15) is 9.59 Å². The molecule has 0 radical (unpaired) electrons. The van der Waals surface area contributed by atoms with Crippen LogP contribution < -0.4 is 5.32 Å². The number of thioether (sulfide) groups is 1. The Hall–Kier alpha value is -3.00. The second kappa shape index (κ2) is 7.11. The van der Waals surface area contributed by atoms with Crippen molar-refractivity contribution in [2.45, 2.75) is 36.9 Å². The lowest BCUT2D eigenvalue weighted by Crippen LogP contribution is -2.08. The topological polar surface area (TPSA) is 89.8 Å². The molecule has 1 N–H and O–H groups in total. The lowest BCUT2D eigenvalue weighted by Gasteiger charge is -2.09. The Kier molecular flexibility index (Phi) is 4.43. The largest absolute Gasteiger partial charge is 0.325 e. The highest BCUT2D eigenvalue weighted by atomic mass is 32.2. The molecule has 1 aliphatic carbocycles. The molecule has 7 nitrogen and oxygen atoms in total. The Morgan fingerprint density at radius 2 is 2.14 bits per heavy atom. The fourth-order valence-corrected chi connectivity index (χ4v) is 4.43. The molecule has 1 atom stereocenters. The summed E-state index contributed by atoms with van der Waals surface area (Å²) in [6, 6.07) is 9.64. The molecular formula is C21H19N5O2S. The van der Waals surface area contributed by atoms with Crippen molar-refractivity contribution in [3.05, 3.63) is 53.9 Å². The van der Waals surface area contributed by atoms with Crippen LogP contribution in [0.15, 0.2) is 47.9 Å². The third-order valence-corrected chi connectivity index (χ3v) is 6.26. The van der Waals surface area contributed by atoms with Crippen LogP contribution in [0.3, 0.4) is 0 Å². The highest BCUT2D eigenvalue weighted by molar-refractivity contribution is 7.99. The molecule has 0 spiro atoms. The van der Waals surface area contributed by atoms with E-state index in [4.69, 9.17) is 0 Å². The Balaban J connectivity index is 1.35. The number of fused-ring (bicyclic) bond motifs is 1. The summed E-state index contributed by atoms with van der Waals surface area (Å²) in [6.07, 6.45) is 5.70. The van der Waals surface area contributed by atoms with E-state index in [1.807, 2.05) is 31.2 Å². The first-order valence-electron chi connectivity index (χ1n) is 9.58. The van der Waals surface area contributed by atoms with Crippen molar-refractivity contribution in [1.29, 1.82) is 0 Å². The summed E-state index contributed by atoms with van der Waals surface area (Å²) < 4.78 is 2.13. The first-order chi connectivity index (χ1) is 14.1. The maximum absolute atomic E-state index is 12.8. The molecule has 1 saturated carbocycles. The summed E-state index contributed by atoms with van der Waals surface area (Å²) in [6.45, 7) is 1.85. The van der Waals surface area contributed by atoms with Gasteiger partial charge in [0.2, 0.25) is 5.91 Å². The minimum absolute atomic E-state index is 0.0117. The minimum atomic E-state index is -0.231. The van der Waals surface area contributed by atoms with Crippen molar-refractivity contribution in [3.8, 4) is 11.4 Å². The molecular weight excluding hydrogens is 386 g/mol. The van der Waals surface area contributed by atoms with Gasteiger partial charge in [-0.25, -0.2) is 0 Å². The normalized spacial score (nSPS) is 17.8. The van der Waals surface area contributed by atoms with Gasteiger partial charge in [-0.15, -0.1) is 10.2 Å². The average molecular weight is 405 g/mol. The van der Waals surface area contributed by atoms with Gasteiger partial charge in [0.1, 0.15) is 0 Å². The zero-order chi connectivity index (χ0) is 20.0. The summed E-state index contributed by atoms with van der Waals surface area (Å²) in [4.78, 5) is 28.8. The van der Waals surface area contributed by atoms with Gasteiger partial charge in [0.05, 0.1) is 11.7 Å². The molecule has 3 aromatic rings. The third kappa shape index (κ3) is 3.33. The maximum atomic E-state index is 12.8. The zero-order valence-electron chi connectivity index (χ0n) is 15.8. The van der Waals surface area contributed by atoms with Gasteiger partial charge in [-0.05, 0) is 55.7 Å². The number of hydrogen-bond acceptors (Lipinski definition) is 6. The SMILES string of the molecule is CC1C(=O)Nc2ccc(C(=O)CSc3nnc(-c4cccnc4)n3C3CC3)cc21. The molecule has 1 amide bonds. The van der Waals surface area contributed by atoms with Gasteiger partial charge in [-0.3, -0.25) is 19.1 Å². The molecule has 1 aromatic carbocycles. The monoisotopic (exact) mass is 405 g/mol. The lowest BCUT2D eigenvalue weighted by atomic mass is 9.99. The van der Waals surface area contributed by atoms with Crippen molar-refractivity contribution < 1.29 is 9.59 Å². The number of carbonyl (C=O) groups excluding carboxylic acids is 2. The van der Waals surface area contributed by atoms with Gasteiger partial charge in [0, 0.05) is 35.2 Å². The molecule has 0 bridgehead atoms. The van der Waals surface area contributed by atoms with Crippen molar-refractivity contribution >= 4 is 29.1 Å². The van der Waals surface area contributed by atoms with E-state index in [1.54, 1.807) is 18.5 Å². The van der Waals surface area contributed by atoms with Crippen LogP contribution in [-0.4, -0.2) is 37.2 Å². The highest BCUT2D eigenvalue weighted by Gasteiger charge is 2.31. The van der Waals surface area contributed by atoms with Gasteiger partial charge in [0.25, 0.3) is 0 Å². The molecule has 1 unspecified atom stereocenters. The van der Waals surface area contributed by atoms with Crippen molar-refractivity contribution in [2.24, 2.45) is 0 Å². The number of nitrogens with one attached hydrogen (secondary N) is 1. The number of hydrogen-bond donors (Lipinski definition) is 1. The predicted molar refractivity (Wildman–Crippen MR) is 110 cm³/mol. The molecule has 29 heavy (non-hydrogen) atoms. The standard InChI is InChI=1S/C21H19N5O2S/c1-12-16-9-13(4-7-17(16)23-20(12)28)18(27)11-29-21-25-24-19(26(21)15-5-6-15)14-3-2-8-22-10-14/h2-4,7-10,12,15H,5-6,11H2,1H3,(H,23,28). The third-order valence-electron chi connectivity index (χ3n) is 5.32. The number of Topliss-reactive ketones (excluding diaryl/α,β-unsaturated/α-hetero) is 1. The molecule has 146 valence electrons. The number of ketones is 1. The molecule has 0 saturated heterocycles. The van der Waals surface area contributed by atoms with Crippen LogP contribution in [0, 0.1) is 0 Å². The molecule has 2 aromatic heterocycles. The molecule has 3 heterocycles.